The summed E-state index contributed by atoms with van der Waals surface area (Å²) in [5.74, 6) is -2.21. The molecule has 0 aliphatic rings. The van der Waals surface area contributed by atoms with Crippen LogP contribution in [0, 0.1) is 0 Å². The number of hydrogen-bond donors (Lipinski definition) is 3. The van der Waals surface area contributed by atoms with Gasteiger partial charge in [0.25, 0.3) is 5.91 Å². The van der Waals surface area contributed by atoms with Crippen LogP contribution in [0.3, 0.4) is 0 Å². The van der Waals surface area contributed by atoms with E-state index in [1.165, 1.54) is 23.7 Å². The van der Waals surface area contributed by atoms with Gasteiger partial charge in [0, 0.05) is 18.0 Å². The standard InChI is InChI=1S/C15H15F3N2O4/c1-14(24,13(22)23)7-19-12(21)11-6-8-5-9(15(16,17)18)3-4-10(8)20(11)2/h3-6,24H,7H2,1-2H3,(H,19,21)(H,22,23). The van der Waals surface area contributed by atoms with Gasteiger partial charge < -0.3 is 20.1 Å². The third kappa shape index (κ3) is 3.35. The van der Waals surface area contributed by atoms with E-state index in [-0.39, 0.29) is 11.1 Å². The predicted octanol–water partition coefficient (Wildman–Crippen LogP) is 1.76. The molecule has 1 aromatic heterocycles. The van der Waals surface area contributed by atoms with Gasteiger partial charge in [-0.2, -0.15) is 13.2 Å². The molecule has 9 heteroatoms. The number of alkyl halides is 3. The van der Waals surface area contributed by atoms with Crippen LogP contribution in [0.1, 0.15) is 23.0 Å². The van der Waals surface area contributed by atoms with Gasteiger partial charge in [-0.05, 0) is 31.2 Å². The van der Waals surface area contributed by atoms with E-state index in [0.717, 1.165) is 19.1 Å². The maximum atomic E-state index is 12.7. The second-order valence-corrected chi connectivity index (χ2v) is 5.62. The van der Waals surface area contributed by atoms with Gasteiger partial charge in [0.1, 0.15) is 5.69 Å². The van der Waals surface area contributed by atoms with Gasteiger partial charge in [-0.3, -0.25) is 4.79 Å². The zero-order valence-corrected chi connectivity index (χ0v) is 12.8. The normalized spacial score (nSPS) is 14.4. The van der Waals surface area contributed by atoms with Gasteiger partial charge >= 0.3 is 12.1 Å². The Kier molecular flexibility index (Phi) is 4.32. The van der Waals surface area contributed by atoms with E-state index < -0.39 is 35.8 Å². The number of halogens is 3. The fourth-order valence-electron chi connectivity index (χ4n) is 2.16. The summed E-state index contributed by atoms with van der Waals surface area (Å²) in [6, 6.07) is 4.37. The molecule has 24 heavy (non-hydrogen) atoms. The maximum Gasteiger partial charge on any atom is 0.416 e. The van der Waals surface area contributed by atoms with E-state index in [1.54, 1.807) is 0 Å². The van der Waals surface area contributed by atoms with Gasteiger partial charge in [0.05, 0.1) is 12.1 Å². The molecule has 0 aliphatic carbocycles. The summed E-state index contributed by atoms with van der Waals surface area (Å²) in [7, 11) is 1.50. The minimum atomic E-state index is -4.49. The zero-order valence-electron chi connectivity index (χ0n) is 12.8. The van der Waals surface area contributed by atoms with Gasteiger partial charge in [-0.15, -0.1) is 0 Å². The van der Waals surface area contributed by atoms with E-state index in [9.17, 15) is 27.9 Å². The Bertz CT molecular complexity index is 809. The minimum Gasteiger partial charge on any atom is -0.479 e. The highest BCUT2D eigenvalue weighted by molar-refractivity contribution is 5.99. The molecule has 130 valence electrons. The van der Waals surface area contributed by atoms with E-state index in [1.807, 2.05) is 0 Å². The fourth-order valence-corrected chi connectivity index (χ4v) is 2.16. The van der Waals surface area contributed by atoms with Crippen LogP contribution < -0.4 is 5.32 Å². The number of hydrogen-bond acceptors (Lipinski definition) is 3. The first-order chi connectivity index (χ1) is 10.9. The molecule has 1 amide bonds. The molecule has 3 N–H and O–H groups in total. The van der Waals surface area contributed by atoms with Crippen LogP contribution in [0.15, 0.2) is 24.3 Å². The first-order valence-corrected chi connectivity index (χ1v) is 6.84. The van der Waals surface area contributed by atoms with Crippen molar-refractivity contribution in [2.75, 3.05) is 6.54 Å². The Morgan fingerprint density at radius 1 is 1.25 bits per heavy atom. The number of aryl methyl sites for hydroxylation is 1. The Morgan fingerprint density at radius 2 is 1.88 bits per heavy atom. The monoisotopic (exact) mass is 344 g/mol. The molecule has 0 saturated heterocycles. The largest absolute Gasteiger partial charge is 0.479 e. The second-order valence-electron chi connectivity index (χ2n) is 5.62. The summed E-state index contributed by atoms with van der Waals surface area (Å²) in [6.45, 7) is 0.475. The molecule has 1 atom stereocenters. The molecule has 1 unspecified atom stereocenters. The number of rotatable bonds is 4. The van der Waals surface area contributed by atoms with Gasteiger partial charge in [-0.25, -0.2) is 4.79 Å². The Morgan fingerprint density at radius 3 is 2.42 bits per heavy atom. The molecule has 6 nitrogen and oxygen atoms in total. The third-order valence-electron chi connectivity index (χ3n) is 3.66. The number of nitrogens with one attached hydrogen (secondary N) is 1. The van der Waals surface area contributed by atoms with E-state index in [2.05, 4.69) is 5.32 Å². The predicted molar refractivity (Wildman–Crippen MR) is 78.5 cm³/mol. The lowest BCUT2D eigenvalue weighted by Crippen LogP contribution is -2.46. The quantitative estimate of drug-likeness (QED) is 0.788. The molecule has 0 spiro atoms. The lowest BCUT2D eigenvalue weighted by Gasteiger charge is -2.18. The number of carbonyl (C=O) groups excluding carboxylic acids is 1. The molecular formula is C15H15F3N2O4. The molecule has 2 aromatic rings. The number of fused-ring (bicyclic) bond motifs is 1. The summed E-state index contributed by atoms with van der Waals surface area (Å²) in [4.78, 5) is 22.9. The van der Waals surface area contributed by atoms with Crippen molar-refractivity contribution in [2.45, 2.75) is 18.7 Å². The average molecular weight is 344 g/mol. The lowest BCUT2D eigenvalue weighted by atomic mass is 10.1. The number of carbonyl (C=O) groups is 2. The Balaban J connectivity index is 2.31. The SMILES string of the molecule is Cn1c(C(=O)NCC(C)(O)C(=O)O)cc2cc(C(F)(F)F)ccc21. The van der Waals surface area contributed by atoms with Crippen LogP contribution >= 0.6 is 0 Å². The highest BCUT2D eigenvalue weighted by Gasteiger charge is 2.32. The number of carboxylic acids is 1. The summed E-state index contributed by atoms with van der Waals surface area (Å²) in [5, 5.41) is 20.8. The number of aliphatic hydroxyl groups is 1. The van der Waals surface area contributed by atoms with E-state index in [4.69, 9.17) is 5.11 Å². The summed E-state index contributed by atoms with van der Waals surface area (Å²) in [6.07, 6.45) is -4.49. The number of carboxylic acid groups (broad SMARTS) is 1. The second kappa shape index (κ2) is 5.82. The average Bonchev–Trinajstić information content (AvgIpc) is 2.80. The van der Waals surface area contributed by atoms with Crippen LogP contribution in [0.2, 0.25) is 0 Å². The third-order valence-corrected chi connectivity index (χ3v) is 3.66. The van der Waals surface area contributed by atoms with Gasteiger partial charge in [-0.1, -0.05) is 0 Å². The van der Waals surface area contributed by atoms with Crippen molar-refractivity contribution >= 4 is 22.8 Å². The van der Waals surface area contributed by atoms with Crippen LogP contribution in [0.4, 0.5) is 13.2 Å². The molecule has 2 rings (SSSR count). The summed E-state index contributed by atoms with van der Waals surface area (Å²) < 4.78 is 39.6. The Hall–Kier alpha value is -2.55. The van der Waals surface area contributed by atoms with Crippen molar-refractivity contribution in [1.29, 1.82) is 0 Å². The number of nitrogens with zero attached hydrogens (tertiary/aromatic N) is 1. The fraction of sp³-hybridized carbons (Fsp3) is 0.333. The molecule has 0 radical (unpaired) electrons. The van der Waals surface area contributed by atoms with Crippen molar-refractivity contribution in [2.24, 2.45) is 7.05 Å². The number of aromatic nitrogens is 1. The van der Waals surface area contributed by atoms with E-state index in [0.29, 0.717) is 5.52 Å². The molecule has 0 bridgehead atoms. The van der Waals surface area contributed by atoms with Crippen LogP contribution in [-0.2, 0) is 18.0 Å². The molecule has 0 saturated carbocycles. The molecule has 1 aromatic carbocycles. The van der Waals surface area contributed by atoms with Crippen molar-refractivity contribution in [1.82, 2.24) is 9.88 Å². The number of benzene rings is 1. The topological polar surface area (TPSA) is 91.6 Å². The van der Waals surface area contributed by atoms with Gasteiger partial charge in [0.2, 0.25) is 0 Å². The van der Waals surface area contributed by atoms with Crippen molar-refractivity contribution in [3.05, 3.63) is 35.5 Å². The van der Waals surface area contributed by atoms with Crippen molar-refractivity contribution < 1.29 is 33.0 Å². The summed E-state index contributed by atoms with van der Waals surface area (Å²) in [5.41, 5.74) is -2.52. The molecule has 0 aliphatic heterocycles. The molecule has 1 heterocycles. The Labute approximate surface area is 134 Å². The first kappa shape index (κ1) is 17.8. The zero-order chi connectivity index (χ0) is 18.3. The highest BCUT2D eigenvalue weighted by atomic mass is 19.4. The summed E-state index contributed by atoms with van der Waals surface area (Å²) >= 11 is 0. The van der Waals surface area contributed by atoms with Crippen LogP contribution in [0.25, 0.3) is 10.9 Å². The number of aliphatic carboxylic acids is 1. The first-order valence-electron chi connectivity index (χ1n) is 6.84. The van der Waals surface area contributed by atoms with E-state index >= 15 is 0 Å². The van der Waals surface area contributed by atoms with Crippen LogP contribution in [-0.4, -0.2) is 38.8 Å². The van der Waals surface area contributed by atoms with Crippen molar-refractivity contribution in [3.63, 3.8) is 0 Å². The molecule has 0 fully saturated rings. The molecular weight excluding hydrogens is 329 g/mol. The lowest BCUT2D eigenvalue weighted by molar-refractivity contribution is -0.155. The minimum absolute atomic E-state index is 0.0468. The highest BCUT2D eigenvalue weighted by Crippen LogP contribution is 2.32. The maximum absolute atomic E-state index is 12.7. The van der Waals surface area contributed by atoms with Crippen LogP contribution in [0.5, 0.6) is 0 Å². The van der Waals surface area contributed by atoms with Gasteiger partial charge in [0.15, 0.2) is 5.60 Å². The smallest absolute Gasteiger partial charge is 0.416 e. The van der Waals surface area contributed by atoms with Crippen molar-refractivity contribution in [3.8, 4) is 0 Å². The number of amides is 1.